The number of aliphatic hydroxyl groups is 2. The summed E-state index contributed by atoms with van der Waals surface area (Å²) in [5.41, 5.74) is 0. The van der Waals surface area contributed by atoms with E-state index in [1.54, 1.807) is 0 Å². The van der Waals surface area contributed by atoms with Crippen molar-refractivity contribution in [3.63, 3.8) is 0 Å². The molecule has 0 aliphatic heterocycles. The average molecular weight is 334 g/mol. The summed E-state index contributed by atoms with van der Waals surface area (Å²) < 4.78 is 4.75. The van der Waals surface area contributed by atoms with E-state index >= 15 is 0 Å². The van der Waals surface area contributed by atoms with Crippen LogP contribution in [0.15, 0.2) is 0 Å². The van der Waals surface area contributed by atoms with E-state index in [4.69, 9.17) is 20.1 Å². The zero-order valence-corrected chi connectivity index (χ0v) is 14.6. The van der Waals surface area contributed by atoms with Gasteiger partial charge in [0.15, 0.2) is 0 Å². The number of rotatable bonds is 13. The summed E-state index contributed by atoms with van der Waals surface area (Å²) in [5, 5.41) is 25.5. The van der Waals surface area contributed by atoms with Gasteiger partial charge in [0.2, 0.25) is 0 Å². The van der Waals surface area contributed by atoms with Crippen LogP contribution in [0.1, 0.15) is 78.1 Å². The van der Waals surface area contributed by atoms with Gasteiger partial charge < -0.3 is 20.1 Å². The molecule has 0 spiro atoms. The maximum absolute atomic E-state index is 11.1. The lowest BCUT2D eigenvalue weighted by molar-refractivity contribution is -0.147. The van der Waals surface area contributed by atoms with E-state index in [0.29, 0.717) is 12.8 Å². The summed E-state index contributed by atoms with van der Waals surface area (Å²) in [5.74, 6) is -0.975. The van der Waals surface area contributed by atoms with Crippen LogP contribution in [0.25, 0.3) is 0 Å². The quantitative estimate of drug-likeness (QED) is 0.353. The van der Waals surface area contributed by atoms with Gasteiger partial charge in [0.1, 0.15) is 12.7 Å². The van der Waals surface area contributed by atoms with E-state index in [1.165, 1.54) is 12.8 Å². The predicted molar refractivity (Wildman–Crippen MR) is 89.2 cm³/mol. The number of ether oxygens (including phenoxy) is 1. The van der Waals surface area contributed by atoms with Gasteiger partial charge in [-0.15, -0.1) is 0 Å². The van der Waals surface area contributed by atoms with Gasteiger partial charge in [-0.3, -0.25) is 9.59 Å². The van der Waals surface area contributed by atoms with Gasteiger partial charge in [-0.05, 0) is 12.8 Å². The Hall–Kier alpha value is -1.14. The number of aliphatic carboxylic acids is 1. The Morgan fingerprint density at radius 2 is 1.43 bits per heavy atom. The second-order valence-corrected chi connectivity index (χ2v) is 5.53. The molecule has 0 aliphatic rings. The minimum absolute atomic E-state index is 0.107. The van der Waals surface area contributed by atoms with Crippen LogP contribution in [0.3, 0.4) is 0 Å². The van der Waals surface area contributed by atoms with Gasteiger partial charge in [-0.1, -0.05) is 52.4 Å². The molecular formula is C17H34O6. The number of carbonyl (C=O) groups is 2. The van der Waals surface area contributed by atoms with Crippen LogP contribution in [0.4, 0.5) is 0 Å². The second-order valence-electron chi connectivity index (χ2n) is 5.53. The van der Waals surface area contributed by atoms with Gasteiger partial charge in [-0.2, -0.15) is 0 Å². The number of hydrogen-bond donors (Lipinski definition) is 3. The van der Waals surface area contributed by atoms with E-state index in [1.807, 2.05) is 0 Å². The number of esters is 1. The van der Waals surface area contributed by atoms with Gasteiger partial charge in [0.05, 0.1) is 6.61 Å². The molecular weight excluding hydrogens is 300 g/mol. The first-order valence-corrected chi connectivity index (χ1v) is 8.64. The van der Waals surface area contributed by atoms with E-state index in [2.05, 4.69) is 13.8 Å². The number of carboxylic acid groups (broad SMARTS) is 1. The summed E-state index contributed by atoms with van der Waals surface area (Å²) >= 11 is 0. The SMILES string of the molecule is CCCCCC(=O)O.CCCCCCCC(=O)OCC(O)CO. The molecule has 138 valence electrons. The average Bonchev–Trinajstić information content (AvgIpc) is 2.53. The maximum Gasteiger partial charge on any atom is 0.305 e. The lowest BCUT2D eigenvalue weighted by Gasteiger charge is -2.08. The third kappa shape index (κ3) is 23.3. The van der Waals surface area contributed by atoms with E-state index in [-0.39, 0.29) is 19.2 Å². The van der Waals surface area contributed by atoms with Crippen LogP contribution in [-0.2, 0) is 14.3 Å². The molecule has 0 fully saturated rings. The van der Waals surface area contributed by atoms with Crippen molar-refractivity contribution in [2.24, 2.45) is 0 Å². The van der Waals surface area contributed by atoms with Crippen LogP contribution < -0.4 is 0 Å². The number of aliphatic hydroxyl groups excluding tert-OH is 2. The minimum atomic E-state index is -0.950. The third-order valence-corrected chi connectivity index (χ3v) is 3.13. The second kappa shape index (κ2) is 18.9. The molecule has 0 saturated carbocycles. The van der Waals surface area contributed by atoms with Crippen molar-refractivity contribution in [1.29, 1.82) is 0 Å². The molecule has 0 radical (unpaired) electrons. The zero-order valence-electron chi connectivity index (χ0n) is 14.6. The summed E-state index contributed by atoms with van der Waals surface area (Å²) in [4.78, 5) is 21.0. The summed E-state index contributed by atoms with van der Waals surface area (Å²) in [6.45, 7) is 3.72. The van der Waals surface area contributed by atoms with Crippen LogP contribution in [0, 0.1) is 0 Å². The van der Waals surface area contributed by atoms with E-state index < -0.39 is 12.1 Å². The van der Waals surface area contributed by atoms with Crippen LogP contribution >= 0.6 is 0 Å². The van der Waals surface area contributed by atoms with Gasteiger partial charge in [0.25, 0.3) is 0 Å². The fourth-order valence-corrected chi connectivity index (χ4v) is 1.71. The van der Waals surface area contributed by atoms with Gasteiger partial charge >= 0.3 is 11.9 Å². The molecule has 0 aliphatic carbocycles. The first-order chi connectivity index (χ1) is 11.0. The Labute approximate surface area is 139 Å². The number of hydrogen-bond acceptors (Lipinski definition) is 5. The first-order valence-electron chi connectivity index (χ1n) is 8.64. The molecule has 6 nitrogen and oxygen atoms in total. The highest BCUT2D eigenvalue weighted by atomic mass is 16.5. The Morgan fingerprint density at radius 1 is 0.913 bits per heavy atom. The van der Waals surface area contributed by atoms with E-state index in [0.717, 1.165) is 38.5 Å². The highest BCUT2D eigenvalue weighted by Crippen LogP contribution is 2.05. The smallest absolute Gasteiger partial charge is 0.305 e. The molecule has 0 heterocycles. The van der Waals surface area contributed by atoms with Crippen molar-refractivity contribution >= 4 is 11.9 Å². The molecule has 1 unspecified atom stereocenters. The molecule has 0 aromatic carbocycles. The van der Waals surface area contributed by atoms with Gasteiger partial charge in [-0.25, -0.2) is 0 Å². The molecule has 6 heteroatoms. The topological polar surface area (TPSA) is 104 Å². The van der Waals surface area contributed by atoms with Gasteiger partial charge in [0, 0.05) is 12.8 Å². The molecule has 0 saturated heterocycles. The van der Waals surface area contributed by atoms with Crippen LogP contribution in [-0.4, -0.2) is 46.6 Å². The fourth-order valence-electron chi connectivity index (χ4n) is 1.71. The Morgan fingerprint density at radius 3 is 1.96 bits per heavy atom. The molecule has 0 bridgehead atoms. The minimum Gasteiger partial charge on any atom is -0.481 e. The van der Waals surface area contributed by atoms with Crippen molar-refractivity contribution < 1.29 is 29.6 Å². The largest absolute Gasteiger partial charge is 0.481 e. The van der Waals surface area contributed by atoms with Crippen molar-refractivity contribution in [1.82, 2.24) is 0 Å². The van der Waals surface area contributed by atoms with Crippen LogP contribution in [0.5, 0.6) is 0 Å². The van der Waals surface area contributed by atoms with Crippen molar-refractivity contribution in [3.8, 4) is 0 Å². The first kappa shape index (κ1) is 24.1. The van der Waals surface area contributed by atoms with Crippen molar-refractivity contribution in [2.45, 2.75) is 84.2 Å². The van der Waals surface area contributed by atoms with Crippen LogP contribution in [0.2, 0.25) is 0 Å². The van der Waals surface area contributed by atoms with Crippen molar-refractivity contribution in [2.75, 3.05) is 13.2 Å². The summed E-state index contributed by atoms with van der Waals surface area (Å²) in [6.07, 6.45) is 8.17. The monoisotopic (exact) mass is 334 g/mol. The molecule has 0 rings (SSSR count). The Bertz CT molecular complexity index is 280. The molecule has 1 atom stereocenters. The standard InChI is InChI=1S/C11H22O4.C6H12O2/c1-2-3-4-5-6-7-11(14)15-9-10(13)8-12;1-2-3-4-5-6(7)8/h10,12-13H,2-9H2,1H3;2-5H2,1H3,(H,7,8). The number of carbonyl (C=O) groups excluding carboxylic acids is 1. The maximum atomic E-state index is 11.1. The third-order valence-electron chi connectivity index (χ3n) is 3.13. The fraction of sp³-hybridized carbons (Fsp3) is 0.882. The number of carboxylic acids is 1. The molecule has 0 amide bonds. The highest BCUT2D eigenvalue weighted by Gasteiger charge is 2.07. The summed E-state index contributed by atoms with van der Waals surface area (Å²) in [6, 6.07) is 0. The molecule has 0 aromatic rings. The normalized spacial score (nSPS) is 11.3. The lowest BCUT2D eigenvalue weighted by Crippen LogP contribution is -2.21. The Balaban J connectivity index is 0. The lowest BCUT2D eigenvalue weighted by atomic mass is 10.1. The Kier molecular flexibility index (Phi) is 19.8. The summed E-state index contributed by atoms with van der Waals surface area (Å²) in [7, 11) is 0. The molecule has 23 heavy (non-hydrogen) atoms. The van der Waals surface area contributed by atoms with Crippen molar-refractivity contribution in [3.05, 3.63) is 0 Å². The highest BCUT2D eigenvalue weighted by molar-refractivity contribution is 5.69. The predicted octanol–water partition coefficient (Wildman–Crippen LogP) is 2.89. The van der Waals surface area contributed by atoms with E-state index in [9.17, 15) is 9.59 Å². The zero-order chi connectivity index (χ0) is 17.9. The molecule has 0 aromatic heterocycles. The number of unbranched alkanes of at least 4 members (excludes halogenated alkanes) is 6. The molecule has 3 N–H and O–H groups in total.